The Morgan fingerprint density at radius 1 is 1.07 bits per heavy atom. The molecule has 0 spiro atoms. The van der Waals surface area contributed by atoms with Gasteiger partial charge < -0.3 is 10.1 Å². The third-order valence-electron chi connectivity index (χ3n) is 4.98. The second-order valence-electron chi connectivity index (χ2n) is 6.90. The van der Waals surface area contributed by atoms with Gasteiger partial charge in [-0.25, -0.2) is 4.79 Å². The number of esters is 1. The van der Waals surface area contributed by atoms with Crippen molar-refractivity contribution < 1.29 is 14.3 Å². The average molecular weight is 377 g/mol. The van der Waals surface area contributed by atoms with Gasteiger partial charge >= 0.3 is 5.97 Å². The molecule has 0 aromatic heterocycles. The van der Waals surface area contributed by atoms with Crippen LogP contribution in [0.2, 0.25) is 0 Å². The molecule has 2 aromatic carbocycles. The summed E-state index contributed by atoms with van der Waals surface area (Å²) < 4.78 is 4.66. The summed E-state index contributed by atoms with van der Waals surface area (Å²) in [6.45, 7) is 2.67. The lowest BCUT2D eigenvalue weighted by molar-refractivity contribution is 0.0600. The Morgan fingerprint density at radius 2 is 1.68 bits per heavy atom. The minimum Gasteiger partial charge on any atom is -0.465 e. The van der Waals surface area contributed by atoms with Gasteiger partial charge in [0.25, 0.3) is 5.91 Å². The molecule has 6 heteroatoms. The number of methoxy groups -OCH3 is 1. The van der Waals surface area contributed by atoms with Crippen molar-refractivity contribution in [1.29, 1.82) is 5.26 Å². The van der Waals surface area contributed by atoms with Crippen LogP contribution in [0.25, 0.3) is 0 Å². The van der Waals surface area contributed by atoms with Gasteiger partial charge in [0.1, 0.15) is 0 Å². The summed E-state index contributed by atoms with van der Waals surface area (Å²) in [5, 5.41) is 11.9. The van der Waals surface area contributed by atoms with Crippen molar-refractivity contribution in [3.63, 3.8) is 0 Å². The van der Waals surface area contributed by atoms with Crippen molar-refractivity contribution in [3.05, 3.63) is 70.8 Å². The SMILES string of the molecule is COC(=O)c1ccc(C(=O)NC2CCN(Cc3ccc(C#N)cc3)CC2)cc1. The molecular formula is C22H23N3O3. The fourth-order valence-electron chi connectivity index (χ4n) is 3.32. The molecule has 1 aliphatic heterocycles. The first kappa shape index (κ1) is 19.6. The van der Waals surface area contributed by atoms with Gasteiger partial charge in [0.05, 0.1) is 24.3 Å². The lowest BCUT2D eigenvalue weighted by atomic mass is 10.0. The van der Waals surface area contributed by atoms with E-state index in [0.29, 0.717) is 16.7 Å². The Labute approximate surface area is 164 Å². The van der Waals surface area contributed by atoms with Crippen molar-refractivity contribution in [2.75, 3.05) is 20.2 Å². The zero-order chi connectivity index (χ0) is 19.9. The Balaban J connectivity index is 1.47. The lowest BCUT2D eigenvalue weighted by Gasteiger charge is -2.32. The number of hydrogen-bond acceptors (Lipinski definition) is 5. The van der Waals surface area contributed by atoms with Crippen LogP contribution in [0.1, 0.15) is 44.7 Å². The molecule has 0 unspecified atom stereocenters. The maximum absolute atomic E-state index is 12.4. The molecule has 144 valence electrons. The largest absolute Gasteiger partial charge is 0.465 e. The van der Waals surface area contributed by atoms with Crippen LogP contribution in [0.4, 0.5) is 0 Å². The first-order valence-corrected chi connectivity index (χ1v) is 9.29. The number of carbonyl (C=O) groups is 2. The Bertz CT molecular complexity index is 861. The van der Waals surface area contributed by atoms with Gasteiger partial charge in [-0.3, -0.25) is 9.69 Å². The maximum Gasteiger partial charge on any atom is 0.337 e. The predicted octanol–water partition coefficient (Wildman–Crippen LogP) is 2.74. The van der Waals surface area contributed by atoms with Crippen molar-refractivity contribution in [2.24, 2.45) is 0 Å². The molecule has 1 aliphatic rings. The number of nitriles is 1. The molecule has 2 aromatic rings. The number of benzene rings is 2. The van der Waals surface area contributed by atoms with E-state index in [1.807, 2.05) is 24.3 Å². The fraction of sp³-hybridized carbons (Fsp3) is 0.318. The van der Waals surface area contributed by atoms with Crippen LogP contribution in [0.15, 0.2) is 48.5 Å². The fourth-order valence-corrected chi connectivity index (χ4v) is 3.32. The van der Waals surface area contributed by atoms with Gasteiger partial charge in [0, 0.05) is 31.2 Å². The van der Waals surface area contributed by atoms with Crippen LogP contribution in [0.3, 0.4) is 0 Å². The molecule has 1 fully saturated rings. The highest BCUT2D eigenvalue weighted by atomic mass is 16.5. The maximum atomic E-state index is 12.4. The topological polar surface area (TPSA) is 82.4 Å². The number of carbonyl (C=O) groups excluding carboxylic acids is 2. The van der Waals surface area contributed by atoms with E-state index in [9.17, 15) is 9.59 Å². The van der Waals surface area contributed by atoms with E-state index in [4.69, 9.17) is 5.26 Å². The van der Waals surface area contributed by atoms with E-state index in [1.54, 1.807) is 24.3 Å². The highest BCUT2D eigenvalue weighted by molar-refractivity contribution is 5.96. The minimum absolute atomic E-state index is 0.123. The zero-order valence-corrected chi connectivity index (χ0v) is 15.9. The average Bonchev–Trinajstić information content (AvgIpc) is 2.75. The van der Waals surface area contributed by atoms with Crippen LogP contribution in [-0.4, -0.2) is 43.0 Å². The number of likely N-dealkylation sites (tertiary alicyclic amines) is 1. The standard InChI is InChI=1S/C22H23N3O3/c1-28-22(27)19-8-6-18(7-9-19)21(26)24-20-10-12-25(13-11-20)15-17-4-2-16(14-23)3-5-17/h2-9,20H,10-13,15H2,1H3,(H,24,26). The molecule has 0 atom stereocenters. The van der Waals surface area contributed by atoms with Crippen LogP contribution < -0.4 is 5.32 Å². The molecule has 1 heterocycles. The van der Waals surface area contributed by atoms with Gasteiger partial charge in [-0.2, -0.15) is 5.26 Å². The van der Waals surface area contributed by atoms with E-state index in [-0.39, 0.29) is 11.9 Å². The predicted molar refractivity (Wildman–Crippen MR) is 105 cm³/mol. The lowest BCUT2D eigenvalue weighted by Crippen LogP contribution is -2.44. The molecule has 28 heavy (non-hydrogen) atoms. The molecule has 0 aliphatic carbocycles. The molecule has 6 nitrogen and oxygen atoms in total. The normalized spacial score (nSPS) is 14.9. The number of hydrogen-bond donors (Lipinski definition) is 1. The van der Waals surface area contributed by atoms with Gasteiger partial charge in [-0.15, -0.1) is 0 Å². The summed E-state index contributed by atoms with van der Waals surface area (Å²) in [5.41, 5.74) is 2.82. The second kappa shape index (κ2) is 9.16. The smallest absolute Gasteiger partial charge is 0.337 e. The Morgan fingerprint density at radius 3 is 2.25 bits per heavy atom. The van der Waals surface area contributed by atoms with E-state index in [1.165, 1.54) is 12.7 Å². The van der Waals surface area contributed by atoms with Crippen molar-refractivity contribution in [3.8, 4) is 6.07 Å². The van der Waals surface area contributed by atoms with E-state index in [2.05, 4.69) is 21.0 Å². The quantitative estimate of drug-likeness (QED) is 0.810. The summed E-state index contributed by atoms with van der Waals surface area (Å²) in [6.07, 6.45) is 1.78. The van der Waals surface area contributed by atoms with Gasteiger partial charge in [0.15, 0.2) is 0 Å². The summed E-state index contributed by atoms with van der Waals surface area (Å²) >= 11 is 0. The number of ether oxygens (including phenoxy) is 1. The number of rotatable bonds is 5. The Kier molecular flexibility index (Phi) is 6.41. The van der Waals surface area contributed by atoms with E-state index >= 15 is 0 Å². The first-order chi connectivity index (χ1) is 13.6. The number of nitrogens with zero attached hydrogens (tertiary/aromatic N) is 2. The van der Waals surface area contributed by atoms with Crippen molar-refractivity contribution in [1.82, 2.24) is 10.2 Å². The van der Waals surface area contributed by atoms with Crippen LogP contribution in [0.5, 0.6) is 0 Å². The summed E-state index contributed by atoms with van der Waals surface area (Å²) in [4.78, 5) is 26.2. The summed E-state index contributed by atoms with van der Waals surface area (Å²) in [6, 6.07) is 16.4. The van der Waals surface area contributed by atoms with Gasteiger partial charge in [-0.05, 0) is 54.8 Å². The first-order valence-electron chi connectivity index (χ1n) is 9.29. The molecular weight excluding hydrogens is 354 g/mol. The third-order valence-corrected chi connectivity index (χ3v) is 4.98. The monoisotopic (exact) mass is 377 g/mol. The van der Waals surface area contributed by atoms with Crippen LogP contribution >= 0.6 is 0 Å². The summed E-state index contributed by atoms with van der Waals surface area (Å²) in [5.74, 6) is -0.538. The summed E-state index contributed by atoms with van der Waals surface area (Å²) in [7, 11) is 1.33. The molecule has 3 rings (SSSR count). The third kappa shape index (κ3) is 4.96. The molecule has 0 bridgehead atoms. The van der Waals surface area contributed by atoms with Gasteiger partial charge in [-0.1, -0.05) is 12.1 Å². The van der Waals surface area contributed by atoms with Gasteiger partial charge in [0.2, 0.25) is 0 Å². The highest BCUT2D eigenvalue weighted by Gasteiger charge is 2.21. The molecule has 0 saturated carbocycles. The van der Waals surface area contributed by atoms with Crippen molar-refractivity contribution >= 4 is 11.9 Å². The van der Waals surface area contributed by atoms with Crippen LogP contribution in [0, 0.1) is 11.3 Å². The minimum atomic E-state index is -0.415. The van der Waals surface area contributed by atoms with Crippen molar-refractivity contribution in [2.45, 2.75) is 25.4 Å². The molecule has 0 radical (unpaired) electrons. The Hall–Kier alpha value is -3.17. The highest BCUT2D eigenvalue weighted by Crippen LogP contribution is 2.15. The molecule has 1 amide bonds. The zero-order valence-electron chi connectivity index (χ0n) is 15.9. The molecule has 1 saturated heterocycles. The second-order valence-corrected chi connectivity index (χ2v) is 6.90. The number of amides is 1. The van der Waals surface area contributed by atoms with E-state index < -0.39 is 5.97 Å². The van der Waals surface area contributed by atoms with E-state index in [0.717, 1.165) is 32.5 Å². The van der Waals surface area contributed by atoms with Crippen LogP contribution in [-0.2, 0) is 11.3 Å². The number of nitrogens with one attached hydrogen (secondary N) is 1. The molecule has 1 N–H and O–H groups in total. The number of piperidine rings is 1.